The number of hydrogen-bond acceptors (Lipinski definition) is 6. The number of rotatable bonds is 4. The van der Waals surface area contributed by atoms with Crippen LogP contribution in [0.15, 0.2) is 24.4 Å². The average molecular weight is 437 g/mol. The second-order valence-corrected chi connectivity index (χ2v) is 8.71. The van der Waals surface area contributed by atoms with Gasteiger partial charge >= 0.3 is 6.09 Å². The third kappa shape index (κ3) is 4.06. The molecule has 0 radical (unpaired) electrons. The summed E-state index contributed by atoms with van der Waals surface area (Å²) in [6, 6.07) is 6.22. The van der Waals surface area contributed by atoms with Crippen molar-refractivity contribution in [2.75, 3.05) is 36.4 Å². The van der Waals surface area contributed by atoms with Crippen molar-refractivity contribution >= 4 is 23.6 Å². The summed E-state index contributed by atoms with van der Waals surface area (Å²) in [4.78, 5) is 36.7. The van der Waals surface area contributed by atoms with Crippen molar-refractivity contribution in [3.63, 3.8) is 0 Å². The molecule has 168 valence electrons. The van der Waals surface area contributed by atoms with E-state index < -0.39 is 6.09 Å². The Kier molecular flexibility index (Phi) is 5.55. The highest BCUT2D eigenvalue weighted by molar-refractivity contribution is 6.00. The summed E-state index contributed by atoms with van der Waals surface area (Å²) < 4.78 is 0. The molecule has 2 fully saturated rings. The van der Waals surface area contributed by atoms with E-state index in [1.54, 1.807) is 6.20 Å². The van der Waals surface area contributed by atoms with E-state index >= 15 is 0 Å². The quantitative estimate of drug-likeness (QED) is 0.676. The molecule has 1 aliphatic carbocycles. The predicted octanol–water partition coefficient (Wildman–Crippen LogP) is 2.93. The van der Waals surface area contributed by atoms with Crippen molar-refractivity contribution in [2.24, 2.45) is 0 Å². The molecule has 9 heteroatoms. The van der Waals surface area contributed by atoms with Crippen LogP contribution in [0, 0.1) is 0 Å². The molecule has 1 saturated carbocycles. The van der Waals surface area contributed by atoms with Crippen molar-refractivity contribution in [1.82, 2.24) is 20.2 Å². The van der Waals surface area contributed by atoms with Gasteiger partial charge in [0.25, 0.3) is 5.91 Å². The molecule has 2 aromatic rings. The van der Waals surface area contributed by atoms with Crippen LogP contribution >= 0.6 is 0 Å². The molecule has 0 unspecified atom stereocenters. The molecule has 32 heavy (non-hydrogen) atoms. The molecule has 2 aromatic heterocycles. The van der Waals surface area contributed by atoms with Crippen molar-refractivity contribution < 1.29 is 14.7 Å². The Morgan fingerprint density at radius 2 is 1.91 bits per heavy atom. The second kappa shape index (κ2) is 8.64. The van der Waals surface area contributed by atoms with Gasteiger partial charge in [-0.3, -0.25) is 4.79 Å². The van der Waals surface area contributed by atoms with Crippen LogP contribution in [0.3, 0.4) is 0 Å². The zero-order valence-corrected chi connectivity index (χ0v) is 18.0. The summed E-state index contributed by atoms with van der Waals surface area (Å²) in [6.07, 6.45) is 7.00. The van der Waals surface area contributed by atoms with Gasteiger partial charge < -0.3 is 25.5 Å². The first-order chi connectivity index (χ1) is 15.6. The Balaban J connectivity index is 1.44. The Labute approximate surface area is 186 Å². The van der Waals surface area contributed by atoms with Crippen molar-refractivity contribution in [2.45, 2.75) is 44.7 Å². The summed E-state index contributed by atoms with van der Waals surface area (Å²) in [5.74, 6) is 1.50. The number of fused-ring (bicyclic) bond motifs is 1. The van der Waals surface area contributed by atoms with Gasteiger partial charge in [0.05, 0.1) is 11.3 Å². The number of carbonyl (C=O) groups excluding carboxylic acids is 1. The molecule has 5 rings (SSSR count). The van der Waals surface area contributed by atoms with Gasteiger partial charge in [-0.1, -0.05) is 19.3 Å². The highest BCUT2D eigenvalue weighted by Crippen LogP contribution is 2.32. The molecule has 1 saturated heterocycles. The summed E-state index contributed by atoms with van der Waals surface area (Å²) in [7, 11) is 0. The minimum absolute atomic E-state index is 0.0938. The first-order valence-corrected chi connectivity index (χ1v) is 11.4. The zero-order valence-electron chi connectivity index (χ0n) is 18.0. The maximum atomic E-state index is 12.5. The largest absolute Gasteiger partial charge is 0.465 e. The topological polar surface area (TPSA) is 111 Å². The molecule has 2 aliphatic heterocycles. The molecule has 4 heterocycles. The van der Waals surface area contributed by atoms with E-state index in [0.717, 1.165) is 41.3 Å². The fourth-order valence-electron chi connectivity index (χ4n) is 4.84. The van der Waals surface area contributed by atoms with Gasteiger partial charge in [0.15, 0.2) is 0 Å². The number of hydrogen-bond donors (Lipinski definition) is 3. The molecule has 3 aliphatic rings. The Morgan fingerprint density at radius 1 is 1.12 bits per heavy atom. The standard InChI is InChI=1S/C23H28N6O3/c30-22-17-13-19(15-6-7-24-20(12-15)26-16-4-2-1-3-5-16)27-21(18(17)14-25-22)28-8-10-29(11-9-28)23(31)32/h6-7,12-13,16H,1-5,8-11,14H2,(H,24,26)(H,25,30)(H,31,32). The van der Waals surface area contributed by atoms with Crippen LogP contribution in [-0.4, -0.2) is 64.2 Å². The third-order valence-corrected chi connectivity index (χ3v) is 6.64. The van der Waals surface area contributed by atoms with Crippen LogP contribution in [0.25, 0.3) is 11.3 Å². The molecule has 0 aromatic carbocycles. The molecule has 9 nitrogen and oxygen atoms in total. The molecule has 0 spiro atoms. The van der Waals surface area contributed by atoms with E-state index in [0.29, 0.717) is 44.3 Å². The van der Waals surface area contributed by atoms with Gasteiger partial charge in [-0.15, -0.1) is 0 Å². The lowest BCUT2D eigenvalue weighted by molar-refractivity contribution is 0.0965. The van der Waals surface area contributed by atoms with Crippen molar-refractivity contribution in [3.8, 4) is 11.3 Å². The smallest absolute Gasteiger partial charge is 0.407 e. The van der Waals surface area contributed by atoms with Gasteiger partial charge in [-0.05, 0) is 31.0 Å². The van der Waals surface area contributed by atoms with Gasteiger partial charge in [-0.25, -0.2) is 14.8 Å². The number of piperazine rings is 1. The highest BCUT2D eigenvalue weighted by Gasteiger charge is 2.29. The van der Waals surface area contributed by atoms with E-state index in [9.17, 15) is 14.7 Å². The fraction of sp³-hybridized carbons (Fsp3) is 0.478. The van der Waals surface area contributed by atoms with Crippen molar-refractivity contribution in [3.05, 3.63) is 35.5 Å². The number of nitrogens with zero attached hydrogens (tertiary/aromatic N) is 4. The molecular weight excluding hydrogens is 408 g/mol. The number of amides is 2. The lowest BCUT2D eigenvalue weighted by Gasteiger charge is -2.34. The number of carbonyl (C=O) groups is 2. The Bertz CT molecular complexity index is 1030. The van der Waals surface area contributed by atoms with Gasteiger partial charge in [0.1, 0.15) is 11.6 Å². The highest BCUT2D eigenvalue weighted by atomic mass is 16.4. The summed E-state index contributed by atoms with van der Waals surface area (Å²) in [5, 5.41) is 15.7. The van der Waals surface area contributed by atoms with E-state index in [1.807, 2.05) is 18.2 Å². The van der Waals surface area contributed by atoms with Crippen LogP contribution in [-0.2, 0) is 6.54 Å². The van der Waals surface area contributed by atoms with Crippen LogP contribution in [0.5, 0.6) is 0 Å². The van der Waals surface area contributed by atoms with Crippen LogP contribution < -0.4 is 15.5 Å². The maximum Gasteiger partial charge on any atom is 0.407 e. The Morgan fingerprint density at radius 3 is 2.66 bits per heavy atom. The zero-order chi connectivity index (χ0) is 22.1. The normalized spacial score (nSPS) is 18.9. The van der Waals surface area contributed by atoms with E-state index in [4.69, 9.17) is 4.98 Å². The fourth-order valence-corrected chi connectivity index (χ4v) is 4.84. The first-order valence-electron chi connectivity index (χ1n) is 11.4. The van der Waals surface area contributed by atoms with Crippen LogP contribution in [0.2, 0.25) is 0 Å². The number of aromatic nitrogens is 2. The minimum atomic E-state index is -0.900. The van der Waals surface area contributed by atoms with Crippen LogP contribution in [0.1, 0.15) is 48.0 Å². The average Bonchev–Trinajstić information content (AvgIpc) is 3.20. The minimum Gasteiger partial charge on any atom is -0.465 e. The van der Waals surface area contributed by atoms with Crippen molar-refractivity contribution in [1.29, 1.82) is 0 Å². The van der Waals surface area contributed by atoms with E-state index in [2.05, 4.69) is 20.5 Å². The molecule has 3 N–H and O–H groups in total. The number of carboxylic acid groups (broad SMARTS) is 1. The Hall–Kier alpha value is -3.36. The summed E-state index contributed by atoms with van der Waals surface area (Å²) in [6.45, 7) is 2.38. The maximum absolute atomic E-state index is 12.5. The lowest BCUT2D eigenvalue weighted by atomic mass is 9.95. The van der Waals surface area contributed by atoms with E-state index in [-0.39, 0.29) is 5.91 Å². The predicted molar refractivity (Wildman–Crippen MR) is 121 cm³/mol. The van der Waals surface area contributed by atoms with Gasteiger partial charge in [0.2, 0.25) is 0 Å². The first kappa shape index (κ1) is 20.5. The van der Waals surface area contributed by atoms with Gasteiger partial charge in [0, 0.05) is 56.1 Å². The third-order valence-electron chi connectivity index (χ3n) is 6.64. The SMILES string of the molecule is O=C1NCc2c1cc(-c1ccnc(NC3CCCCC3)c1)nc2N1CCN(C(=O)O)CC1. The van der Waals surface area contributed by atoms with Crippen LogP contribution in [0.4, 0.5) is 16.4 Å². The monoisotopic (exact) mass is 436 g/mol. The van der Waals surface area contributed by atoms with E-state index in [1.165, 1.54) is 24.2 Å². The lowest BCUT2D eigenvalue weighted by Crippen LogP contribution is -2.48. The second-order valence-electron chi connectivity index (χ2n) is 8.71. The summed E-state index contributed by atoms with van der Waals surface area (Å²) in [5.41, 5.74) is 3.16. The number of pyridine rings is 2. The molecular formula is C23H28N6O3. The number of anilines is 2. The molecule has 0 atom stereocenters. The molecule has 2 amide bonds. The summed E-state index contributed by atoms with van der Waals surface area (Å²) >= 11 is 0. The van der Waals surface area contributed by atoms with Gasteiger partial charge in [-0.2, -0.15) is 0 Å². The molecule has 0 bridgehead atoms. The number of nitrogens with one attached hydrogen (secondary N) is 2.